The highest BCUT2D eigenvalue weighted by molar-refractivity contribution is 7.13. The molecule has 6 nitrogen and oxygen atoms in total. The monoisotopic (exact) mass is 363 g/mol. The first kappa shape index (κ1) is 19.2. The van der Waals surface area contributed by atoms with Crippen LogP contribution in [0.3, 0.4) is 0 Å². The summed E-state index contributed by atoms with van der Waals surface area (Å²) in [6.45, 7) is 4.08. The molecule has 1 amide bonds. The molecule has 0 radical (unpaired) electrons. The second-order valence-electron chi connectivity index (χ2n) is 5.81. The number of amides is 1. The molecule has 7 heteroatoms. The zero-order valence-corrected chi connectivity index (χ0v) is 16.0. The SMILES string of the molecule is CCCOc1ccc(-c2nc(C(=O)NCCN(C)C)cs2)cc1OC. The third kappa shape index (κ3) is 5.44. The van der Waals surface area contributed by atoms with Crippen molar-refractivity contribution in [2.45, 2.75) is 13.3 Å². The Balaban J connectivity index is 2.09. The molecular formula is C18H25N3O3S. The molecule has 136 valence electrons. The average Bonchev–Trinajstić information content (AvgIpc) is 3.09. The summed E-state index contributed by atoms with van der Waals surface area (Å²) < 4.78 is 11.1. The van der Waals surface area contributed by atoms with E-state index in [9.17, 15) is 4.79 Å². The number of likely N-dealkylation sites (N-methyl/N-ethyl adjacent to an activating group) is 1. The van der Waals surface area contributed by atoms with Crippen LogP contribution in [0, 0.1) is 0 Å². The van der Waals surface area contributed by atoms with Gasteiger partial charge in [-0.05, 0) is 38.7 Å². The van der Waals surface area contributed by atoms with E-state index in [1.165, 1.54) is 11.3 Å². The van der Waals surface area contributed by atoms with Crippen LogP contribution >= 0.6 is 11.3 Å². The van der Waals surface area contributed by atoms with Crippen LogP contribution in [-0.4, -0.2) is 56.7 Å². The van der Waals surface area contributed by atoms with Crippen LogP contribution < -0.4 is 14.8 Å². The summed E-state index contributed by atoms with van der Waals surface area (Å²) in [7, 11) is 5.55. The highest BCUT2D eigenvalue weighted by Crippen LogP contribution is 2.33. The first-order valence-electron chi connectivity index (χ1n) is 8.24. The molecule has 0 aliphatic heterocycles. The van der Waals surface area contributed by atoms with Gasteiger partial charge >= 0.3 is 0 Å². The molecule has 0 fully saturated rings. The summed E-state index contributed by atoms with van der Waals surface area (Å²) in [6, 6.07) is 5.69. The van der Waals surface area contributed by atoms with Crippen molar-refractivity contribution < 1.29 is 14.3 Å². The number of nitrogens with one attached hydrogen (secondary N) is 1. The van der Waals surface area contributed by atoms with E-state index in [2.05, 4.69) is 17.2 Å². The van der Waals surface area contributed by atoms with E-state index < -0.39 is 0 Å². The predicted octanol–water partition coefficient (Wildman–Crippen LogP) is 2.90. The van der Waals surface area contributed by atoms with Gasteiger partial charge in [0.15, 0.2) is 11.5 Å². The fraction of sp³-hybridized carbons (Fsp3) is 0.444. The Morgan fingerprint density at radius 1 is 1.32 bits per heavy atom. The average molecular weight is 363 g/mol. The van der Waals surface area contributed by atoms with Crippen molar-refractivity contribution >= 4 is 17.2 Å². The van der Waals surface area contributed by atoms with Crippen LogP contribution in [0.2, 0.25) is 0 Å². The van der Waals surface area contributed by atoms with Crippen molar-refractivity contribution in [3.05, 3.63) is 29.3 Å². The first-order chi connectivity index (χ1) is 12.0. The molecule has 0 spiro atoms. The van der Waals surface area contributed by atoms with Gasteiger partial charge in [-0.15, -0.1) is 11.3 Å². The molecule has 0 aliphatic carbocycles. The maximum absolute atomic E-state index is 12.1. The topological polar surface area (TPSA) is 63.7 Å². The van der Waals surface area contributed by atoms with E-state index >= 15 is 0 Å². The van der Waals surface area contributed by atoms with Gasteiger partial charge in [-0.3, -0.25) is 4.79 Å². The van der Waals surface area contributed by atoms with Crippen molar-refractivity contribution in [1.82, 2.24) is 15.2 Å². The minimum absolute atomic E-state index is 0.154. The number of thiazole rings is 1. The van der Waals surface area contributed by atoms with Crippen LogP contribution in [0.1, 0.15) is 23.8 Å². The Labute approximate surface area is 152 Å². The summed E-state index contributed by atoms with van der Waals surface area (Å²) in [5, 5.41) is 5.42. The second kappa shape index (κ2) is 9.39. The number of hydrogen-bond donors (Lipinski definition) is 1. The number of carbonyl (C=O) groups excluding carboxylic acids is 1. The molecule has 1 aromatic carbocycles. The fourth-order valence-electron chi connectivity index (χ4n) is 2.13. The number of ether oxygens (including phenoxy) is 2. The van der Waals surface area contributed by atoms with Gasteiger partial charge in [0.05, 0.1) is 13.7 Å². The largest absolute Gasteiger partial charge is 0.493 e. The number of hydrogen-bond acceptors (Lipinski definition) is 6. The standard InChI is InChI=1S/C18H25N3O3S/c1-5-10-24-15-7-6-13(11-16(15)23-4)18-20-14(12-25-18)17(22)19-8-9-21(2)3/h6-7,11-12H,5,8-10H2,1-4H3,(H,19,22). The molecule has 2 rings (SSSR count). The molecule has 0 unspecified atom stereocenters. The van der Waals surface area contributed by atoms with Crippen LogP contribution in [0.15, 0.2) is 23.6 Å². The lowest BCUT2D eigenvalue weighted by atomic mass is 10.2. The third-order valence-corrected chi connectivity index (χ3v) is 4.35. The van der Waals surface area contributed by atoms with Gasteiger partial charge in [-0.1, -0.05) is 6.92 Å². The van der Waals surface area contributed by atoms with Gasteiger partial charge < -0.3 is 19.7 Å². The van der Waals surface area contributed by atoms with E-state index in [4.69, 9.17) is 9.47 Å². The molecule has 25 heavy (non-hydrogen) atoms. The first-order valence-corrected chi connectivity index (χ1v) is 9.12. The van der Waals surface area contributed by atoms with Crippen LogP contribution in [0.5, 0.6) is 11.5 Å². The number of nitrogens with zero attached hydrogens (tertiary/aromatic N) is 2. The lowest BCUT2D eigenvalue weighted by Gasteiger charge is -2.11. The summed E-state index contributed by atoms with van der Waals surface area (Å²) in [5.41, 5.74) is 1.34. The number of carbonyl (C=O) groups is 1. The Bertz CT molecular complexity index is 701. The maximum Gasteiger partial charge on any atom is 0.270 e. The molecule has 0 aliphatic rings. The zero-order valence-electron chi connectivity index (χ0n) is 15.2. The Hall–Kier alpha value is -2.12. The molecule has 0 atom stereocenters. The Morgan fingerprint density at radius 3 is 2.80 bits per heavy atom. The van der Waals surface area contributed by atoms with Crippen molar-refractivity contribution in [3.8, 4) is 22.1 Å². The normalized spacial score (nSPS) is 10.8. The number of rotatable bonds is 9. The van der Waals surface area contributed by atoms with E-state index in [-0.39, 0.29) is 5.91 Å². The van der Waals surface area contributed by atoms with Gasteiger partial charge in [-0.2, -0.15) is 0 Å². The smallest absolute Gasteiger partial charge is 0.270 e. The second-order valence-corrected chi connectivity index (χ2v) is 6.67. The van der Waals surface area contributed by atoms with E-state index in [0.29, 0.717) is 30.3 Å². The van der Waals surface area contributed by atoms with Gasteiger partial charge in [0.2, 0.25) is 0 Å². The zero-order chi connectivity index (χ0) is 18.2. The van der Waals surface area contributed by atoms with E-state index in [0.717, 1.165) is 23.5 Å². The summed E-state index contributed by atoms with van der Waals surface area (Å²) in [6.07, 6.45) is 0.934. The Kier molecular flexibility index (Phi) is 7.21. The molecule has 0 saturated carbocycles. The van der Waals surface area contributed by atoms with E-state index in [1.54, 1.807) is 12.5 Å². The van der Waals surface area contributed by atoms with Gasteiger partial charge in [-0.25, -0.2) is 4.98 Å². The molecular weight excluding hydrogens is 338 g/mol. The fourth-order valence-corrected chi connectivity index (χ4v) is 2.92. The van der Waals surface area contributed by atoms with Crippen LogP contribution in [0.25, 0.3) is 10.6 Å². The van der Waals surface area contributed by atoms with Gasteiger partial charge in [0.1, 0.15) is 10.7 Å². The molecule has 1 N–H and O–H groups in total. The maximum atomic E-state index is 12.1. The van der Waals surface area contributed by atoms with Gasteiger partial charge in [0, 0.05) is 24.0 Å². The summed E-state index contributed by atoms with van der Waals surface area (Å²) in [5.74, 6) is 1.23. The van der Waals surface area contributed by atoms with Crippen LogP contribution in [-0.2, 0) is 0 Å². The third-order valence-electron chi connectivity index (χ3n) is 3.45. The molecule has 0 bridgehead atoms. The van der Waals surface area contributed by atoms with Crippen molar-refractivity contribution in [2.75, 3.05) is 40.9 Å². The minimum Gasteiger partial charge on any atom is -0.493 e. The number of methoxy groups -OCH3 is 1. The summed E-state index contributed by atoms with van der Waals surface area (Å²) >= 11 is 1.43. The minimum atomic E-state index is -0.154. The summed E-state index contributed by atoms with van der Waals surface area (Å²) in [4.78, 5) is 18.6. The van der Waals surface area contributed by atoms with Gasteiger partial charge in [0.25, 0.3) is 5.91 Å². The molecule has 0 saturated heterocycles. The van der Waals surface area contributed by atoms with Crippen molar-refractivity contribution in [2.24, 2.45) is 0 Å². The molecule has 2 aromatic rings. The van der Waals surface area contributed by atoms with Crippen molar-refractivity contribution in [3.63, 3.8) is 0 Å². The lowest BCUT2D eigenvalue weighted by Crippen LogP contribution is -2.31. The Morgan fingerprint density at radius 2 is 2.12 bits per heavy atom. The number of aromatic nitrogens is 1. The molecule has 1 heterocycles. The predicted molar refractivity (Wildman–Crippen MR) is 101 cm³/mol. The van der Waals surface area contributed by atoms with Crippen LogP contribution in [0.4, 0.5) is 0 Å². The van der Waals surface area contributed by atoms with Crippen molar-refractivity contribution in [1.29, 1.82) is 0 Å². The highest BCUT2D eigenvalue weighted by Gasteiger charge is 2.13. The van der Waals surface area contributed by atoms with E-state index in [1.807, 2.05) is 37.2 Å². The highest BCUT2D eigenvalue weighted by atomic mass is 32.1. The quantitative estimate of drug-likeness (QED) is 0.742. The molecule has 1 aromatic heterocycles. The lowest BCUT2D eigenvalue weighted by molar-refractivity contribution is 0.0947. The number of benzene rings is 1.